The first-order valence-electron chi connectivity index (χ1n) is 9.25. The molecule has 0 amide bonds. The van der Waals surface area contributed by atoms with Gasteiger partial charge in [-0.15, -0.1) is 0 Å². The predicted molar refractivity (Wildman–Crippen MR) is 83.5 cm³/mol. The molecule has 3 saturated carbocycles. The fraction of sp³-hybridized carbons (Fsp3) is 0.947. The molecule has 3 aliphatic rings. The third-order valence-electron chi connectivity index (χ3n) is 6.88. The van der Waals surface area contributed by atoms with Crippen LogP contribution in [0, 0.1) is 35.5 Å². The van der Waals surface area contributed by atoms with Crippen LogP contribution in [0.3, 0.4) is 0 Å². The van der Waals surface area contributed by atoms with E-state index in [0.717, 1.165) is 48.2 Å². The molecular weight excluding hydrogens is 244 g/mol. The Morgan fingerprint density at radius 2 is 1.45 bits per heavy atom. The van der Waals surface area contributed by atoms with Gasteiger partial charge in [-0.1, -0.05) is 26.2 Å². The van der Waals surface area contributed by atoms with Crippen LogP contribution in [-0.2, 0) is 4.79 Å². The molecule has 3 fully saturated rings. The molecule has 0 aliphatic heterocycles. The fourth-order valence-electron chi connectivity index (χ4n) is 6.01. The summed E-state index contributed by atoms with van der Waals surface area (Å²) < 4.78 is 0. The zero-order valence-corrected chi connectivity index (χ0v) is 13.2. The lowest BCUT2D eigenvalue weighted by Crippen LogP contribution is -2.41. The molecule has 0 aromatic rings. The van der Waals surface area contributed by atoms with Gasteiger partial charge in [0.25, 0.3) is 0 Å². The van der Waals surface area contributed by atoms with Crippen LogP contribution in [0.25, 0.3) is 0 Å². The van der Waals surface area contributed by atoms with E-state index in [4.69, 9.17) is 0 Å². The van der Waals surface area contributed by atoms with E-state index in [-0.39, 0.29) is 0 Å². The average molecular weight is 276 g/mol. The van der Waals surface area contributed by atoms with Crippen molar-refractivity contribution in [1.82, 2.24) is 0 Å². The molecule has 0 radical (unpaired) electrons. The quantitative estimate of drug-likeness (QED) is 0.642. The van der Waals surface area contributed by atoms with Gasteiger partial charge in [0.2, 0.25) is 0 Å². The molecule has 3 rings (SSSR count). The van der Waals surface area contributed by atoms with Gasteiger partial charge in [0.1, 0.15) is 6.29 Å². The Hall–Kier alpha value is -0.330. The first kappa shape index (κ1) is 14.6. The minimum Gasteiger partial charge on any atom is -0.303 e. The van der Waals surface area contributed by atoms with Gasteiger partial charge in [0.15, 0.2) is 0 Å². The maximum atomic E-state index is 10.8. The third kappa shape index (κ3) is 2.97. The fourth-order valence-corrected chi connectivity index (χ4v) is 6.01. The summed E-state index contributed by atoms with van der Waals surface area (Å²) in [5.74, 6) is 5.88. The largest absolute Gasteiger partial charge is 0.303 e. The number of rotatable bonds is 4. The van der Waals surface area contributed by atoms with Crippen molar-refractivity contribution in [2.24, 2.45) is 35.5 Å². The van der Waals surface area contributed by atoms with Gasteiger partial charge >= 0.3 is 0 Å². The van der Waals surface area contributed by atoms with Crippen LogP contribution < -0.4 is 0 Å². The Morgan fingerprint density at radius 3 is 2.05 bits per heavy atom. The van der Waals surface area contributed by atoms with E-state index < -0.39 is 0 Å². The van der Waals surface area contributed by atoms with Gasteiger partial charge in [0.05, 0.1) is 0 Å². The lowest BCUT2D eigenvalue weighted by molar-refractivity contribution is -0.109. The zero-order valence-electron chi connectivity index (χ0n) is 13.2. The van der Waals surface area contributed by atoms with Gasteiger partial charge in [-0.3, -0.25) is 0 Å². The maximum absolute atomic E-state index is 10.8. The summed E-state index contributed by atoms with van der Waals surface area (Å²) in [5.41, 5.74) is 0. The highest BCUT2D eigenvalue weighted by molar-refractivity contribution is 5.49. The van der Waals surface area contributed by atoms with Crippen LogP contribution in [-0.4, -0.2) is 6.29 Å². The summed E-state index contributed by atoms with van der Waals surface area (Å²) in [5, 5.41) is 0. The van der Waals surface area contributed by atoms with Crippen LogP contribution in [0.1, 0.15) is 77.6 Å². The van der Waals surface area contributed by atoms with Crippen molar-refractivity contribution in [2.45, 2.75) is 77.6 Å². The van der Waals surface area contributed by atoms with Crippen LogP contribution in [0.5, 0.6) is 0 Å². The lowest BCUT2D eigenvalue weighted by atomic mass is 9.55. The SMILES string of the molecule is CCCC1CCC2C(CCC3CC(CC=O)CCC32)C1. The lowest BCUT2D eigenvalue weighted by Gasteiger charge is -2.50. The molecule has 1 heteroatoms. The molecule has 0 aromatic carbocycles. The second-order valence-electron chi connectivity index (χ2n) is 7.97. The maximum Gasteiger partial charge on any atom is 0.120 e. The standard InChI is InChI=1S/C19H32O/c1-2-3-14-4-8-18-16(12-14)6-7-17-13-15(10-11-20)5-9-19(17)18/h11,14-19H,2-10,12-13H2,1H3. The highest BCUT2D eigenvalue weighted by Gasteiger charge is 2.44. The van der Waals surface area contributed by atoms with Crippen LogP contribution in [0.15, 0.2) is 0 Å². The molecule has 0 heterocycles. The molecule has 1 nitrogen and oxygen atoms in total. The third-order valence-corrected chi connectivity index (χ3v) is 6.88. The van der Waals surface area contributed by atoms with Crippen LogP contribution >= 0.6 is 0 Å². The number of aldehydes is 1. The van der Waals surface area contributed by atoms with Crippen molar-refractivity contribution in [3.05, 3.63) is 0 Å². The summed E-state index contributed by atoms with van der Waals surface area (Å²) >= 11 is 0. The monoisotopic (exact) mass is 276 g/mol. The Morgan fingerprint density at radius 1 is 0.850 bits per heavy atom. The predicted octanol–water partition coefficient (Wildman–Crippen LogP) is 5.23. The van der Waals surface area contributed by atoms with Crippen molar-refractivity contribution in [3.8, 4) is 0 Å². The number of hydrogen-bond donors (Lipinski definition) is 0. The minimum absolute atomic E-state index is 0.724. The first-order valence-corrected chi connectivity index (χ1v) is 9.25. The average Bonchev–Trinajstić information content (AvgIpc) is 2.47. The van der Waals surface area contributed by atoms with Gasteiger partial charge in [-0.25, -0.2) is 0 Å². The van der Waals surface area contributed by atoms with Gasteiger partial charge in [-0.2, -0.15) is 0 Å². The van der Waals surface area contributed by atoms with Gasteiger partial charge in [0, 0.05) is 6.42 Å². The first-order chi connectivity index (χ1) is 9.81. The second kappa shape index (κ2) is 6.62. The zero-order chi connectivity index (χ0) is 13.9. The normalized spacial score (nSPS) is 44.5. The van der Waals surface area contributed by atoms with E-state index in [2.05, 4.69) is 6.92 Å². The summed E-state index contributed by atoms with van der Waals surface area (Å²) in [6.45, 7) is 2.34. The Kier molecular flexibility index (Phi) is 4.83. The summed E-state index contributed by atoms with van der Waals surface area (Å²) in [4.78, 5) is 10.8. The number of hydrogen-bond acceptors (Lipinski definition) is 1. The van der Waals surface area contributed by atoms with Crippen molar-refractivity contribution in [3.63, 3.8) is 0 Å². The summed E-state index contributed by atoms with van der Waals surface area (Å²) in [7, 11) is 0. The summed E-state index contributed by atoms with van der Waals surface area (Å²) in [6, 6.07) is 0. The van der Waals surface area contributed by atoms with Gasteiger partial charge < -0.3 is 4.79 Å². The van der Waals surface area contributed by atoms with Crippen LogP contribution in [0.4, 0.5) is 0 Å². The molecule has 6 unspecified atom stereocenters. The molecule has 114 valence electrons. The molecular formula is C19H32O. The van der Waals surface area contributed by atoms with Crippen molar-refractivity contribution < 1.29 is 4.79 Å². The van der Waals surface area contributed by atoms with Crippen LogP contribution in [0.2, 0.25) is 0 Å². The molecule has 0 spiro atoms. The smallest absolute Gasteiger partial charge is 0.120 e. The summed E-state index contributed by atoms with van der Waals surface area (Å²) in [6.07, 6.45) is 16.5. The Bertz CT molecular complexity index is 324. The molecule has 3 aliphatic carbocycles. The number of carbonyl (C=O) groups is 1. The highest BCUT2D eigenvalue weighted by Crippen LogP contribution is 2.53. The van der Waals surface area contributed by atoms with E-state index in [1.807, 2.05) is 0 Å². The molecule has 0 saturated heterocycles. The molecule has 0 aromatic heterocycles. The van der Waals surface area contributed by atoms with Crippen molar-refractivity contribution in [1.29, 1.82) is 0 Å². The number of carbonyl (C=O) groups excluding carboxylic acids is 1. The molecule has 0 N–H and O–H groups in total. The van der Waals surface area contributed by atoms with E-state index in [1.54, 1.807) is 6.42 Å². The van der Waals surface area contributed by atoms with E-state index in [1.165, 1.54) is 57.8 Å². The molecule has 20 heavy (non-hydrogen) atoms. The second-order valence-corrected chi connectivity index (χ2v) is 7.97. The molecule has 6 atom stereocenters. The van der Waals surface area contributed by atoms with Gasteiger partial charge in [-0.05, 0) is 80.5 Å². The topological polar surface area (TPSA) is 17.1 Å². The number of fused-ring (bicyclic) bond motifs is 3. The minimum atomic E-state index is 0.724. The van der Waals surface area contributed by atoms with E-state index in [0.29, 0.717) is 0 Å². The highest BCUT2D eigenvalue weighted by atomic mass is 16.1. The molecule has 0 bridgehead atoms. The van der Waals surface area contributed by atoms with Crippen molar-refractivity contribution >= 4 is 6.29 Å². The van der Waals surface area contributed by atoms with Crippen molar-refractivity contribution in [2.75, 3.05) is 0 Å². The van der Waals surface area contributed by atoms with E-state index >= 15 is 0 Å². The Labute approximate surface area is 124 Å². The Balaban J connectivity index is 1.59. The van der Waals surface area contributed by atoms with E-state index in [9.17, 15) is 4.79 Å².